The van der Waals surface area contributed by atoms with Crippen molar-refractivity contribution in [2.45, 2.75) is 37.0 Å². The highest BCUT2D eigenvalue weighted by Gasteiger charge is 2.55. The molecule has 3 aliphatic rings. The normalized spacial score (nSPS) is 22.4. The lowest BCUT2D eigenvalue weighted by atomic mass is 9.74. The number of methoxy groups -OCH3 is 1. The van der Waals surface area contributed by atoms with E-state index in [1.165, 1.54) is 0 Å². The number of anilines is 1. The molecule has 1 saturated heterocycles. The van der Waals surface area contributed by atoms with Gasteiger partial charge in [0.15, 0.2) is 5.79 Å². The van der Waals surface area contributed by atoms with E-state index in [1.807, 2.05) is 47.4 Å². The molecule has 2 aromatic carbocycles. The van der Waals surface area contributed by atoms with Crippen molar-refractivity contribution >= 4 is 11.6 Å². The zero-order valence-electron chi connectivity index (χ0n) is 15.4. The van der Waals surface area contributed by atoms with E-state index in [0.717, 1.165) is 48.2 Å². The van der Waals surface area contributed by atoms with Crippen molar-refractivity contribution in [2.75, 3.05) is 25.2 Å². The summed E-state index contributed by atoms with van der Waals surface area (Å²) in [5.74, 6) is 0.393. The minimum atomic E-state index is -0.461. The molecular weight excluding hydrogens is 342 g/mol. The SMILES string of the molecule is COc1ccc(N2C(=O)c3ccccc3C23CCC2(CC3)OCCO2)cc1. The quantitative estimate of drug-likeness (QED) is 0.811. The van der Waals surface area contributed by atoms with Gasteiger partial charge in [0.1, 0.15) is 5.75 Å². The predicted octanol–water partition coefficient (Wildman–Crippen LogP) is 3.87. The highest BCUT2D eigenvalue weighted by atomic mass is 16.7. The summed E-state index contributed by atoms with van der Waals surface area (Å²) in [4.78, 5) is 15.4. The second-order valence-electron chi connectivity index (χ2n) is 7.52. The number of amides is 1. The van der Waals surface area contributed by atoms with Crippen LogP contribution in [0.3, 0.4) is 0 Å². The molecule has 0 unspecified atom stereocenters. The maximum Gasteiger partial charge on any atom is 0.259 e. The Kier molecular flexibility index (Phi) is 3.78. The van der Waals surface area contributed by atoms with Gasteiger partial charge in [-0.25, -0.2) is 0 Å². The molecule has 1 aliphatic carbocycles. The van der Waals surface area contributed by atoms with E-state index in [0.29, 0.717) is 13.2 Å². The van der Waals surface area contributed by atoms with Gasteiger partial charge in [-0.2, -0.15) is 0 Å². The standard InChI is InChI=1S/C22H23NO4/c1-25-17-8-6-16(7-9-17)23-20(24)18-4-2-3-5-19(18)21(23)10-12-22(13-11-21)26-14-15-27-22/h2-9H,10-15H2,1H3. The van der Waals surface area contributed by atoms with Crippen LogP contribution in [0.25, 0.3) is 0 Å². The lowest BCUT2D eigenvalue weighted by Crippen LogP contribution is -2.50. The average molecular weight is 365 g/mol. The first-order valence-corrected chi connectivity index (χ1v) is 9.54. The lowest BCUT2D eigenvalue weighted by Gasteiger charge is -2.46. The summed E-state index contributed by atoms with van der Waals surface area (Å²) in [6.45, 7) is 1.31. The van der Waals surface area contributed by atoms with Crippen molar-refractivity contribution in [1.29, 1.82) is 0 Å². The monoisotopic (exact) mass is 365 g/mol. The molecule has 1 saturated carbocycles. The molecule has 5 heteroatoms. The van der Waals surface area contributed by atoms with Gasteiger partial charge in [-0.05, 0) is 48.7 Å². The number of fused-ring (bicyclic) bond motifs is 2. The van der Waals surface area contributed by atoms with Gasteiger partial charge in [-0.3, -0.25) is 9.69 Å². The Balaban J connectivity index is 1.58. The lowest BCUT2D eigenvalue weighted by molar-refractivity contribution is -0.184. The molecule has 2 aliphatic heterocycles. The van der Waals surface area contributed by atoms with Crippen molar-refractivity contribution in [3.8, 4) is 5.75 Å². The predicted molar refractivity (Wildman–Crippen MR) is 101 cm³/mol. The van der Waals surface area contributed by atoms with Gasteiger partial charge in [0.2, 0.25) is 0 Å². The summed E-state index contributed by atoms with van der Waals surface area (Å²) >= 11 is 0. The number of carbonyl (C=O) groups excluding carboxylic acids is 1. The van der Waals surface area contributed by atoms with Crippen LogP contribution in [0.5, 0.6) is 5.75 Å². The third-order valence-electron chi connectivity index (χ3n) is 6.27. The summed E-state index contributed by atoms with van der Waals surface area (Å²) in [6.07, 6.45) is 3.23. The number of nitrogens with zero attached hydrogens (tertiary/aromatic N) is 1. The van der Waals surface area contributed by atoms with E-state index < -0.39 is 5.79 Å². The van der Waals surface area contributed by atoms with E-state index in [9.17, 15) is 4.79 Å². The molecule has 0 atom stereocenters. The first-order chi connectivity index (χ1) is 13.2. The van der Waals surface area contributed by atoms with Crippen molar-refractivity contribution < 1.29 is 19.0 Å². The number of carbonyl (C=O) groups is 1. The molecule has 2 fully saturated rings. The molecule has 0 radical (unpaired) electrons. The van der Waals surface area contributed by atoms with Crippen molar-refractivity contribution in [1.82, 2.24) is 0 Å². The minimum absolute atomic E-state index is 0.0694. The van der Waals surface area contributed by atoms with Crippen LogP contribution in [-0.4, -0.2) is 32.0 Å². The van der Waals surface area contributed by atoms with Crippen LogP contribution >= 0.6 is 0 Å². The van der Waals surface area contributed by atoms with E-state index in [4.69, 9.17) is 14.2 Å². The number of ether oxygens (including phenoxy) is 3. The third kappa shape index (κ3) is 2.42. The molecule has 140 valence electrons. The molecule has 0 bridgehead atoms. The van der Waals surface area contributed by atoms with Gasteiger partial charge in [0.25, 0.3) is 5.91 Å². The average Bonchev–Trinajstić information content (AvgIpc) is 3.27. The van der Waals surface area contributed by atoms with Gasteiger partial charge in [-0.1, -0.05) is 18.2 Å². The highest BCUT2D eigenvalue weighted by molar-refractivity contribution is 6.12. The zero-order valence-corrected chi connectivity index (χ0v) is 15.4. The first-order valence-electron chi connectivity index (χ1n) is 9.54. The first kappa shape index (κ1) is 16.8. The number of hydrogen-bond donors (Lipinski definition) is 0. The molecular formula is C22H23NO4. The van der Waals surface area contributed by atoms with Crippen LogP contribution in [0.2, 0.25) is 0 Å². The summed E-state index contributed by atoms with van der Waals surface area (Å²) in [7, 11) is 1.65. The van der Waals surface area contributed by atoms with Crippen LogP contribution in [0.15, 0.2) is 48.5 Å². The summed E-state index contributed by atoms with van der Waals surface area (Å²) < 4.78 is 17.1. The zero-order chi connectivity index (χ0) is 18.5. The Morgan fingerprint density at radius 3 is 2.26 bits per heavy atom. The van der Waals surface area contributed by atoms with Crippen molar-refractivity contribution in [2.24, 2.45) is 0 Å². The smallest absolute Gasteiger partial charge is 0.259 e. The minimum Gasteiger partial charge on any atom is -0.497 e. The van der Waals surface area contributed by atoms with E-state index in [2.05, 4.69) is 6.07 Å². The van der Waals surface area contributed by atoms with Crippen LogP contribution in [-0.2, 0) is 15.0 Å². The molecule has 5 nitrogen and oxygen atoms in total. The largest absolute Gasteiger partial charge is 0.497 e. The Hall–Kier alpha value is -2.37. The van der Waals surface area contributed by atoms with Gasteiger partial charge >= 0.3 is 0 Å². The Morgan fingerprint density at radius 1 is 0.926 bits per heavy atom. The molecule has 2 aromatic rings. The van der Waals surface area contributed by atoms with Crippen LogP contribution < -0.4 is 9.64 Å². The number of rotatable bonds is 2. The molecule has 27 heavy (non-hydrogen) atoms. The van der Waals surface area contributed by atoms with Crippen LogP contribution in [0, 0.1) is 0 Å². The van der Waals surface area contributed by atoms with E-state index in [1.54, 1.807) is 7.11 Å². The molecule has 0 aromatic heterocycles. The van der Waals surface area contributed by atoms with Crippen LogP contribution in [0.4, 0.5) is 5.69 Å². The van der Waals surface area contributed by atoms with Crippen molar-refractivity contribution in [3.05, 3.63) is 59.7 Å². The maximum absolute atomic E-state index is 13.4. The third-order valence-corrected chi connectivity index (χ3v) is 6.27. The van der Waals surface area contributed by atoms with Crippen molar-refractivity contribution in [3.63, 3.8) is 0 Å². The summed E-state index contributed by atoms with van der Waals surface area (Å²) in [5, 5.41) is 0. The molecule has 1 amide bonds. The second kappa shape index (κ2) is 6.08. The van der Waals surface area contributed by atoms with E-state index >= 15 is 0 Å². The van der Waals surface area contributed by atoms with Gasteiger partial charge in [0, 0.05) is 24.1 Å². The van der Waals surface area contributed by atoms with E-state index in [-0.39, 0.29) is 11.4 Å². The fourth-order valence-electron chi connectivity index (χ4n) is 4.93. The maximum atomic E-state index is 13.4. The molecule has 0 N–H and O–H groups in total. The summed E-state index contributed by atoms with van der Waals surface area (Å²) in [6, 6.07) is 15.8. The number of benzene rings is 2. The topological polar surface area (TPSA) is 48.0 Å². The Bertz CT molecular complexity index is 860. The highest BCUT2D eigenvalue weighted by Crippen LogP contribution is 2.53. The van der Waals surface area contributed by atoms with Gasteiger partial charge in [0.05, 0.1) is 25.9 Å². The summed E-state index contributed by atoms with van der Waals surface area (Å²) in [5.41, 5.74) is 2.49. The van der Waals surface area contributed by atoms with Gasteiger partial charge < -0.3 is 14.2 Å². The second-order valence-corrected chi connectivity index (χ2v) is 7.52. The Morgan fingerprint density at radius 2 is 1.59 bits per heavy atom. The fraction of sp³-hybridized carbons (Fsp3) is 0.409. The molecule has 2 heterocycles. The molecule has 2 spiro atoms. The Labute approximate surface area is 158 Å². The number of hydrogen-bond acceptors (Lipinski definition) is 4. The van der Waals surface area contributed by atoms with Crippen LogP contribution in [0.1, 0.15) is 41.6 Å². The van der Waals surface area contributed by atoms with Gasteiger partial charge in [-0.15, -0.1) is 0 Å². The molecule has 5 rings (SSSR count). The fourth-order valence-corrected chi connectivity index (χ4v) is 4.93.